The van der Waals surface area contributed by atoms with Crippen molar-refractivity contribution in [3.8, 4) is 5.69 Å². The fraction of sp³-hybridized carbons (Fsp3) is 0. The number of non-ortho nitro benzene ring substituents is 1. The number of nitrogens with zero attached hydrogens (tertiary/aromatic N) is 4. The molecule has 0 fully saturated rings. The average molecular weight is 208 g/mol. The van der Waals surface area contributed by atoms with Gasteiger partial charge >= 0.3 is 0 Å². The second-order valence-corrected chi connectivity index (χ2v) is 2.79. The highest BCUT2D eigenvalue weighted by Crippen LogP contribution is 2.18. The van der Waals surface area contributed by atoms with E-state index >= 15 is 0 Å². The fourth-order valence-electron chi connectivity index (χ4n) is 1.15. The van der Waals surface area contributed by atoms with Gasteiger partial charge < -0.3 is 0 Å². The molecule has 2 rings (SSSR count). The van der Waals surface area contributed by atoms with Gasteiger partial charge in [0.2, 0.25) is 0 Å². The molecule has 15 heavy (non-hydrogen) atoms. The van der Waals surface area contributed by atoms with Crippen LogP contribution in [-0.2, 0) is 0 Å². The van der Waals surface area contributed by atoms with Crippen LogP contribution >= 0.6 is 0 Å². The first-order chi connectivity index (χ1) is 7.16. The molecular formula is C8H5FN4O2. The van der Waals surface area contributed by atoms with Gasteiger partial charge in [0, 0.05) is 6.07 Å². The average Bonchev–Trinajstić information content (AvgIpc) is 2.69. The Bertz CT molecular complexity index is 497. The maximum absolute atomic E-state index is 13.0. The zero-order valence-corrected chi connectivity index (χ0v) is 7.37. The summed E-state index contributed by atoms with van der Waals surface area (Å²) in [6, 6.07) is 3.26. The second kappa shape index (κ2) is 3.45. The number of hydrogen-bond acceptors (Lipinski definition) is 4. The molecule has 6 nitrogen and oxygen atoms in total. The molecule has 0 atom stereocenters. The minimum absolute atomic E-state index is 0.307. The molecule has 0 aliphatic carbocycles. The number of aromatic nitrogens is 3. The van der Waals surface area contributed by atoms with Gasteiger partial charge in [0.25, 0.3) is 5.69 Å². The molecule has 0 saturated carbocycles. The van der Waals surface area contributed by atoms with Crippen molar-refractivity contribution in [2.45, 2.75) is 0 Å². The van der Waals surface area contributed by atoms with Gasteiger partial charge in [-0.3, -0.25) is 14.7 Å². The van der Waals surface area contributed by atoms with E-state index in [9.17, 15) is 14.5 Å². The molecule has 7 heteroatoms. The molecule has 0 aliphatic heterocycles. The number of benzene rings is 1. The van der Waals surface area contributed by atoms with E-state index in [1.807, 2.05) is 0 Å². The molecule has 2 aromatic rings. The molecule has 76 valence electrons. The van der Waals surface area contributed by atoms with E-state index in [0.29, 0.717) is 5.69 Å². The maximum atomic E-state index is 13.0. The van der Waals surface area contributed by atoms with Crippen molar-refractivity contribution in [2.24, 2.45) is 0 Å². The Labute approximate surface area is 83.1 Å². The normalized spacial score (nSPS) is 10.2. The van der Waals surface area contributed by atoms with Crippen LogP contribution in [0.4, 0.5) is 10.1 Å². The highest BCUT2D eigenvalue weighted by Gasteiger charge is 2.10. The smallest absolute Gasteiger partial charge is 0.274 e. The standard InChI is InChI=1S/C8H5FN4O2/c9-6-1-7(12-4-10-11-5-12)3-8(2-6)13(14)15/h1-5H. The van der Waals surface area contributed by atoms with Crippen molar-refractivity contribution in [3.63, 3.8) is 0 Å². The lowest BCUT2D eigenvalue weighted by Crippen LogP contribution is -1.95. The second-order valence-electron chi connectivity index (χ2n) is 2.79. The van der Waals surface area contributed by atoms with Crippen LogP contribution in [0.25, 0.3) is 5.69 Å². The van der Waals surface area contributed by atoms with Crippen molar-refractivity contribution in [2.75, 3.05) is 0 Å². The monoisotopic (exact) mass is 208 g/mol. The fourth-order valence-corrected chi connectivity index (χ4v) is 1.15. The molecule has 1 heterocycles. The third-order valence-electron chi connectivity index (χ3n) is 1.80. The van der Waals surface area contributed by atoms with E-state index in [1.165, 1.54) is 23.3 Å². The number of hydrogen-bond donors (Lipinski definition) is 0. The molecule has 1 aromatic carbocycles. The first-order valence-electron chi connectivity index (χ1n) is 3.97. The summed E-state index contributed by atoms with van der Waals surface area (Å²) in [6.07, 6.45) is 2.66. The first kappa shape index (κ1) is 9.25. The van der Waals surface area contributed by atoms with Gasteiger partial charge in [0.05, 0.1) is 16.7 Å². The zero-order chi connectivity index (χ0) is 10.8. The summed E-state index contributed by atoms with van der Waals surface area (Å²) in [7, 11) is 0. The summed E-state index contributed by atoms with van der Waals surface area (Å²) in [4.78, 5) is 9.82. The lowest BCUT2D eigenvalue weighted by molar-refractivity contribution is -0.385. The SMILES string of the molecule is O=[N+]([O-])c1cc(F)cc(-n2cnnc2)c1. The topological polar surface area (TPSA) is 73.8 Å². The Morgan fingerprint density at radius 3 is 2.53 bits per heavy atom. The van der Waals surface area contributed by atoms with Crippen molar-refractivity contribution in [1.82, 2.24) is 14.8 Å². The van der Waals surface area contributed by atoms with Gasteiger partial charge in [0.1, 0.15) is 18.5 Å². The van der Waals surface area contributed by atoms with E-state index in [-0.39, 0.29) is 5.69 Å². The zero-order valence-electron chi connectivity index (χ0n) is 7.37. The predicted octanol–water partition coefficient (Wildman–Crippen LogP) is 1.31. The van der Waals surface area contributed by atoms with Gasteiger partial charge in [-0.1, -0.05) is 0 Å². The van der Waals surface area contributed by atoms with Crippen molar-refractivity contribution in [3.05, 3.63) is 46.8 Å². The molecular weight excluding hydrogens is 203 g/mol. The Morgan fingerprint density at radius 2 is 1.93 bits per heavy atom. The molecule has 0 aliphatic rings. The summed E-state index contributed by atoms with van der Waals surface area (Å²) in [6.45, 7) is 0. The van der Waals surface area contributed by atoms with Gasteiger partial charge in [0.15, 0.2) is 0 Å². The molecule has 0 amide bonds. The van der Waals surface area contributed by atoms with Crippen molar-refractivity contribution >= 4 is 5.69 Å². The number of nitro groups is 1. The number of rotatable bonds is 2. The molecule has 0 saturated heterocycles. The minimum Gasteiger partial charge on any atom is -0.288 e. The quantitative estimate of drug-likeness (QED) is 0.551. The summed E-state index contributed by atoms with van der Waals surface area (Å²) in [5.74, 6) is -0.673. The van der Waals surface area contributed by atoms with Crippen LogP contribution in [0, 0.1) is 15.9 Å². The maximum Gasteiger partial charge on any atom is 0.274 e. The Kier molecular flexibility index (Phi) is 2.13. The molecule has 0 unspecified atom stereocenters. The minimum atomic E-state index is -0.673. The lowest BCUT2D eigenvalue weighted by Gasteiger charge is -2.00. The lowest BCUT2D eigenvalue weighted by atomic mass is 10.2. The number of nitro benzene ring substituents is 1. The van der Waals surface area contributed by atoms with Gasteiger partial charge in [-0.05, 0) is 6.07 Å². The Morgan fingerprint density at radius 1 is 1.27 bits per heavy atom. The highest BCUT2D eigenvalue weighted by molar-refractivity contribution is 5.43. The molecule has 0 bridgehead atoms. The van der Waals surface area contributed by atoms with Crippen LogP contribution in [-0.4, -0.2) is 19.7 Å². The van der Waals surface area contributed by atoms with E-state index in [1.54, 1.807) is 0 Å². The third kappa shape index (κ3) is 1.80. The highest BCUT2D eigenvalue weighted by atomic mass is 19.1. The van der Waals surface area contributed by atoms with Gasteiger partial charge in [-0.2, -0.15) is 0 Å². The first-order valence-corrected chi connectivity index (χ1v) is 3.97. The molecule has 0 N–H and O–H groups in total. The summed E-state index contributed by atoms with van der Waals surface area (Å²) in [5, 5.41) is 17.5. The van der Waals surface area contributed by atoms with Crippen LogP contribution < -0.4 is 0 Å². The Balaban J connectivity index is 2.54. The van der Waals surface area contributed by atoms with E-state index in [2.05, 4.69) is 10.2 Å². The van der Waals surface area contributed by atoms with Crippen LogP contribution in [0.2, 0.25) is 0 Å². The van der Waals surface area contributed by atoms with E-state index in [4.69, 9.17) is 0 Å². The summed E-state index contributed by atoms with van der Waals surface area (Å²) >= 11 is 0. The molecule has 0 radical (unpaired) electrons. The van der Waals surface area contributed by atoms with Crippen LogP contribution in [0.1, 0.15) is 0 Å². The van der Waals surface area contributed by atoms with Gasteiger partial charge in [-0.25, -0.2) is 4.39 Å². The van der Waals surface area contributed by atoms with Crippen LogP contribution in [0.15, 0.2) is 30.9 Å². The van der Waals surface area contributed by atoms with Crippen LogP contribution in [0.3, 0.4) is 0 Å². The molecule has 0 spiro atoms. The van der Waals surface area contributed by atoms with Gasteiger partial charge in [-0.15, -0.1) is 10.2 Å². The number of halogens is 1. The third-order valence-corrected chi connectivity index (χ3v) is 1.80. The summed E-state index contributed by atoms with van der Waals surface area (Å²) < 4.78 is 14.4. The van der Waals surface area contributed by atoms with Crippen molar-refractivity contribution < 1.29 is 9.31 Å². The van der Waals surface area contributed by atoms with E-state index in [0.717, 1.165) is 12.1 Å². The van der Waals surface area contributed by atoms with Crippen LogP contribution in [0.5, 0.6) is 0 Å². The predicted molar refractivity (Wildman–Crippen MR) is 48.0 cm³/mol. The van der Waals surface area contributed by atoms with Crippen molar-refractivity contribution in [1.29, 1.82) is 0 Å². The molecule has 1 aromatic heterocycles. The Hall–Kier alpha value is -2.31. The van der Waals surface area contributed by atoms with E-state index < -0.39 is 10.7 Å². The largest absolute Gasteiger partial charge is 0.288 e. The summed E-state index contributed by atoms with van der Waals surface area (Å²) in [5.41, 5.74) is 0.00500.